The normalized spacial score (nSPS) is 14.1. The zero-order chi connectivity index (χ0) is 20.1. The summed E-state index contributed by atoms with van der Waals surface area (Å²) in [5.74, 6) is -0.900. The summed E-state index contributed by atoms with van der Waals surface area (Å²) in [6.45, 7) is 0. The van der Waals surface area contributed by atoms with Gasteiger partial charge in [-0.25, -0.2) is 0 Å². The number of nitro groups is 1. The summed E-state index contributed by atoms with van der Waals surface area (Å²) in [5.41, 5.74) is 7.65. The number of nitrogens with zero attached hydrogens (tertiary/aromatic N) is 1. The zero-order valence-electron chi connectivity index (χ0n) is 15.3. The molecule has 1 aliphatic rings. The number of nitrogens with one attached hydrogen (secondary N) is 1. The van der Waals surface area contributed by atoms with E-state index in [-0.39, 0.29) is 11.6 Å². The number of benzene rings is 1. The van der Waals surface area contributed by atoms with Crippen molar-refractivity contribution in [1.29, 1.82) is 0 Å². The lowest BCUT2D eigenvalue weighted by molar-refractivity contribution is -0.384. The summed E-state index contributed by atoms with van der Waals surface area (Å²) >= 11 is 1.43. The van der Waals surface area contributed by atoms with Crippen molar-refractivity contribution in [2.45, 2.75) is 38.5 Å². The molecule has 1 aromatic heterocycles. The van der Waals surface area contributed by atoms with Gasteiger partial charge in [-0.1, -0.05) is 12.8 Å². The SMILES string of the molecule is NC(=O)c1c(NC(=O)/C=C/c2ccc([N+](=O)[O-])cc2)sc2c1CCCCCC2. The number of rotatable bonds is 5. The van der Waals surface area contributed by atoms with Crippen LogP contribution in [0, 0.1) is 10.1 Å². The quantitative estimate of drug-likeness (QED) is 0.448. The maximum absolute atomic E-state index is 12.3. The number of hydrogen-bond acceptors (Lipinski definition) is 5. The van der Waals surface area contributed by atoms with Gasteiger partial charge in [-0.2, -0.15) is 0 Å². The van der Waals surface area contributed by atoms with Crippen molar-refractivity contribution in [3.8, 4) is 0 Å². The molecule has 1 aliphatic carbocycles. The maximum atomic E-state index is 12.3. The minimum absolute atomic E-state index is 0.0105. The number of carbonyl (C=O) groups is 2. The molecule has 0 aliphatic heterocycles. The summed E-state index contributed by atoms with van der Waals surface area (Å²) < 4.78 is 0. The largest absolute Gasteiger partial charge is 0.365 e. The monoisotopic (exact) mass is 399 g/mol. The molecule has 1 heterocycles. The van der Waals surface area contributed by atoms with Crippen LogP contribution in [0.2, 0.25) is 0 Å². The molecule has 146 valence electrons. The predicted molar refractivity (Wildman–Crippen MR) is 109 cm³/mol. The third-order valence-electron chi connectivity index (χ3n) is 4.69. The van der Waals surface area contributed by atoms with E-state index in [2.05, 4.69) is 5.32 Å². The summed E-state index contributed by atoms with van der Waals surface area (Å²) in [5, 5.41) is 14.0. The lowest BCUT2D eigenvalue weighted by Gasteiger charge is -2.10. The zero-order valence-corrected chi connectivity index (χ0v) is 16.1. The van der Waals surface area contributed by atoms with Crippen molar-refractivity contribution >= 4 is 39.9 Å². The van der Waals surface area contributed by atoms with Crippen LogP contribution in [0.3, 0.4) is 0 Å². The standard InChI is InChI=1S/C20H21N3O4S/c21-19(25)18-15-5-3-1-2-4-6-16(15)28-20(18)22-17(24)12-9-13-7-10-14(11-8-13)23(26)27/h7-12H,1-6H2,(H2,21,25)(H,22,24)/b12-9+. The number of carbonyl (C=O) groups excluding carboxylic acids is 2. The Bertz CT molecular complexity index is 932. The highest BCUT2D eigenvalue weighted by Crippen LogP contribution is 2.36. The van der Waals surface area contributed by atoms with Crippen LogP contribution < -0.4 is 11.1 Å². The molecular formula is C20H21N3O4S. The van der Waals surface area contributed by atoms with Gasteiger partial charge < -0.3 is 11.1 Å². The molecule has 3 N–H and O–H groups in total. The average molecular weight is 399 g/mol. The third-order valence-corrected chi connectivity index (χ3v) is 5.89. The second-order valence-corrected chi connectivity index (χ2v) is 7.76. The van der Waals surface area contributed by atoms with Crippen molar-refractivity contribution in [2.24, 2.45) is 5.73 Å². The highest BCUT2D eigenvalue weighted by molar-refractivity contribution is 7.17. The van der Waals surface area contributed by atoms with Crippen LogP contribution in [0.15, 0.2) is 30.3 Å². The first-order valence-corrected chi connectivity index (χ1v) is 9.95. The first-order valence-electron chi connectivity index (χ1n) is 9.13. The Hall–Kier alpha value is -3.00. The maximum Gasteiger partial charge on any atom is 0.269 e. The fourth-order valence-corrected chi connectivity index (χ4v) is 4.60. The molecular weight excluding hydrogens is 378 g/mol. The van der Waals surface area contributed by atoms with Crippen molar-refractivity contribution in [3.63, 3.8) is 0 Å². The molecule has 8 heteroatoms. The number of anilines is 1. The van der Waals surface area contributed by atoms with E-state index in [0.717, 1.165) is 42.5 Å². The lowest BCUT2D eigenvalue weighted by Crippen LogP contribution is -2.17. The Morgan fingerprint density at radius 3 is 2.43 bits per heavy atom. The Kier molecular flexibility index (Phi) is 6.20. The van der Waals surface area contributed by atoms with Crippen LogP contribution in [0.5, 0.6) is 0 Å². The highest BCUT2D eigenvalue weighted by Gasteiger charge is 2.23. The van der Waals surface area contributed by atoms with E-state index in [1.54, 1.807) is 18.2 Å². The third kappa shape index (κ3) is 4.64. The van der Waals surface area contributed by atoms with Gasteiger partial charge in [0, 0.05) is 23.1 Å². The van der Waals surface area contributed by atoms with Gasteiger partial charge in [-0.3, -0.25) is 19.7 Å². The van der Waals surface area contributed by atoms with Crippen LogP contribution in [-0.4, -0.2) is 16.7 Å². The van der Waals surface area contributed by atoms with E-state index >= 15 is 0 Å². The van der Waals surface area contributed by atoms with Gasteiger partial charge in [-0.15, -0.1) is 11.3 Å². The average Bonchev–Trinajstić information content (AvgIpc) is 2.96. The lowest BCUT2D eigenvalue weighted by atomic mass is 9.96. The molecule has 7 nitrogen and oxygen atoms in total. The van der Waals surface area contributed by atoms with Crippen LogP contribution in [0.1, 0.15) is 52.0 Å². The van der Waals surface area contributed by atoms with Crippen LogP contribution in [0.4, 0.5) is 10.7 Å². The van der Waals surface area contributed by atoms with Gasteiger partial charge in [0.15, 0.2) is 0 Å². The number of primary amides is 1. The minimum atomic E-state index is -0.521. The molecule has 28 heavy (non-hydrogen) atoms. The van der Waals surface area contributed by atoms with E-state index in [1.165, 1.54) is 36.0 Å². The Balaban J connectivity index is 1.76. The molecule has 0 radical (unpaired) electrons. The number of hydrogen-bond donors (Lipinski definition) is 2. The van der Waals surface area contributed by atoms with Gasteiger partial charge in [0.2, 0.25) is 5.91 Å². The molecule has 0 unspecified atom stereocenters. The Morgan fingerprint density at radius 2 is 1.79 bits per heavy atom. The molecule has 0 spiro atoms. The molecule has 0 fully saturated rings. The van der Waals surface area contributed by atoms with Crippen LogP contribution >= 0.6 is 11.3 Å². The minimum Gasteiger partial charge on any atom is -0.365 e. The summed E-state index contributed by atoms with van der Waals surface area (Å²) in [4.78, 5) is 35.7. The van der Waals surface area contributed by atoms with E-state index in [4.69, 9.17) is 5.73 Å². The van der Waals surface area contributed by atoms with Crippen molar-refractivity contribution in [3.05, 3.63) is 62.0 Å². The number of nitrogens with two attached hydrogens (primary N) is 1. The molecule has 0 atom stereocenters. The van der Waals surface area contributed by atoms with E-state index < -0.39 is 10.8 Å². The number of thiophene rings is 1. The van der Waals surface area contributed by atoms with E-state index in [1.807, 2.05) is 0 Å². The summed E-state index contributed by atoms with van der Waals surface area (Å²) in [7, 11) is 0. The Morgan fingerprint density at radius 1 is 1.11 bits per heavy atom. The van der Waals surface area contributed by atoms with E-state index in [0.29, 0.717) is 16.1 Å². The Labute approximate surface area is 166 Å². The van der Waals surface area contributed by atoms with Gasteiger partial charge in [0.05, 0.1) is 10.5 Å². The number of nitro benzene ring substituents is 1. The molecule has 2 aromatic rings. The number of fused-ring (bicyclic) bond motifs is 1. The molecule has 2 amide bonds. The van der Waals surface area contributed by atoms with Crippen molar-refractivity contribution in [1.82, 2.24) is 0 Å². The number of amides is 2. The second-order valence-electron chi connectivity index (χ2n) is 6.66. The van der Waals surface area contributed by atoms with Crippen molar-refractivity contribution in [2.75, 3.05) is 5.32 Å². The van der Waals surface area contributed by atoms with Gasteiger partial charge in [0.25, 0.3) is 11.6 Å². The highest BCUT2D eigenvalue weighted by atomic mass is 32.1. The fourth-order valence-electron chi connectivity index (χ4n) is 3.30. The predicted octanol–water partition coefficient (Wildman–Crippen LogP) is 4.07. The van der Waals surface area contributed by atoms with Crippen LogP contribution in [-0.2, 0) is 17.6 Å². The second kappa shape index (κ2) is 8.79. The topological polar surface area (TPSA) is 115 Å². The van der Waals surface area contributed by atoms with Gasteiger partial charge in [-0.05, 0) is 55.0 Å². The fraction of sp³-hybridized carbons (Fsp3) is 0.300. The molecule has 0 saturated heterocycles. The van der Waals surface area contributed by atoms with Crippen molar-refractivity contribution < 1.29 is 14.5 Å². The molecule has 0 saturated carbocycles. The van der Waals surface area contributed by atoms with Gasteiger partial charge >= 0.3 is 0 Å². The molecule has 3 rings (SSSR count). The van der Waals surface area contributed by atoms with E-state index in [9.17, 15) is 19.7 Å². The molecule has 0 bridgehead atoms. The number of aryl methyl sites for hydroxylation is 1. The van der Waals surface area contributed by atoms with Gasteiger partial charge in [0.1, 0.15) is 5.00 Å². The summed E-state index contributed by atoms with van der Waals surface area (Å²) in [6, 6.07) is 5.88. The van der Waals surface area contributed by atoms with Crippen LogP contribution in [0.25, 0.3) is 6.08 Å². The summed E-state index contributed by atoms with van der Waals surface area (Å²) in [6.07, 6.45) is 8.98. The number of non-ortho nitro benzene ring substituents is 1. The smallest absolute Gasteiger partial charge is 0.269 e. The molecule has 1 aromatic carbocycles. The first-order chi connectivity index (χ1) is 13.5. The first kappa shape index (κ1) is 19.8.